The van der Waals surface area contributed by atoms with Crippen LogP contribution in [0.25, 0.3) is 0 Å². The summed E-state index contributed by atoms with van der Waals surface area (Å²) in [6.07, 6.45) is -0.0172. The van der Waals surface area contributed by atoms with Crippen molar-refractivity contribution in [2.24, 2.45) is 0 Å². The highest BCUT2D eigenvalue weighted by molar-refractivity contribution is 5.17. The fourth-order valence-electron chi connectivity index (χ4n) is 1.20. The Kier molecular flexibility index (Phi) is 7.20. The predicted molar refractivity (Wildman–Crippen MR) is 54.7 cm³/mol. The van der Waals surface area contributed by atoms with Gasteiger partial charge in [-0.25, -0.2) is 0 Å². The van der Waals surface area contributed by atoms with Crippen molar-refractivity contribution in [2.75, 3.05) is 6.61 Å². The van der Waals surface area contributed by atoms with Crippen molar-refractivity contribution in [2.45, 2.75) is 18.6 Å². The van der Waals surface area contributed by atoms with Crippen LogP contribution in [-0.2, 0) is 0 Å². The van der Waals surface area contributed by atoms with Gasteiger partial charge in [0.05, 0.1) is 12.7 Å². The molecule has 0 amide bonds. The molecule has 1 aromatic carbocycles. The average Bonchev–Trinajstić information content (AvgIpc) is 2.32. The molecule has 2 atom stereocenters. The van der Waals surface area contributed by atoms with Crippen molar-refractivity contribution in [3.63, 3.8) is 0 Å². The quantitative estimate of drug-likeness (QED) is 0.599. The highest BCUT2D eigenvalue weighted by Crippen LogP contribution is 2.16. The van der Waals surface area contributed by atoms with E-state index in [1.54, 1.807) is 0 Å². The van der Waals surface area contributed by atoms with Crippen LogP contribution >= 0.6 is 0 Å². The van der Waals surface area contributed by atoms with E-state index in [1.807, 2.05) is 30.3 Å². The number of hydrogen-bond donors (Lipinski definition) is 3. The predicted octanol–water partition coefficient (Wildman–Crippen LogP) is -0.191. The monoisotopic (exact) mass is 208 g/mol. The van der Waals surface area contributed by atoms with Crippen molar-refractivity contribution in [1.82, 2.24) is 0 Å². The molecule has 0 saturated carbocycles. The van der Waals surface area contributed by atoms with Crippen molar-refractivity contribution in [1.29, 1.82) is 5.26 Å². The van der Waals surface area contributed by atoms with Gasteiger partial charge < -0.3 is 27.8 Å². The van der Waals surface area contributed by atoms with E-state index in [0.717, 1.165) is 5.56 Å². The summed E-state index contributed by atoms with van der Waals surface area (Å²) in [5.41, 5.74) is 4.59. The first-order valence-corrected chi connectivity index (χ1v) is 4.63. The Morgan fingerprint density at radius 3 is 2.27 bits per heavy atom. The molecule has 0 aliphatic heterocycles. The Morgan fingerprint density at radius 2 is 1.80 bits per heavy atom. The van der Waals surface area contributed by atoms with Gasteiger partial charge in [0, 0.05) is 6.42 Å². The van der Waals surface area contributed by atoms with E-state index in [4.69, 9.17) is 16.9 Å². The summed E-state index contributed by atoms with van der Waals surface area (Å²) in [6.45, 7) is 4.77. The Bertz CT molecular complexity index is 274. The molecule has 0 aliphatic carbocycles. The van der Waals surface area contributed by atoms with Crippen molar-refractivity contribution < 1.29 is 15.9 Å². The summed E-state index contributed by atoms with van der Waals surface area (Å²) >= 11 is 0. The Labute approximate surface area is 89.6 Å². The molecule has 1 aromatic rings. The van der Waals surface area contributed by atoms with Crippen LogP contribution in [0.2, 0.25) is 0 Å². The van der Waals surface area contributed by atoms with Gasteiger partial charge in [-0.2, -0.15) is 0 Å². The van der Waals surface area contributed by atoms with Gasteiger partial charge in [-0.15, -0.1) is 0 Å². The van der Waals surface area contributed by atoms with Crippen molar-refractivity contribution in [3.05, 3.63) is 42.5 Å². The zero-order chi connectivity index (χ0) is 11.7. The van der Waals surface area contributed by atoms with Crippen LogP contribution in [0.1, 0.15) is 18.1 Å². The lowest BCUT2D eigenvalue weighted by molar-refractivity contribution is -0.429. The molecule has 15 heavy (non-hydrogen) atoms. The number of quaternary nitrogens is 1. The minimum atomic E-state index is -0.518. The molecule has 0 heterocycles. The second-order valence-electron chi connectivity index (χ2n) is 3.21. The average molecular weight is 208 g/mol. The third-order valence-corrected chi connectivity index (χ3v) is 2.00. The molecule has 5 N–H and O–H groups in total. The Balaban J connectivity index is 0.000000921. The molecule has 0 fully saturated rings. The third-order valence-electron chi connectivity index (χ3n) is 2.00. The van der Waals surface area contributed by atoms with Crippen LogP contribution in [0.5, 0.6) is 0 Å². The molecule has 0 aromatic heterocycles. The summed E-state index contributed by atoms with van der Waals surface area (Å²) in [5, 5.41) is 24.7. The van der Waals surface area contributed by atoms with E-state index in [9.17, 15) is 5.11 Å². The number of hydrogen-bond acceptors (Lipinski definition) is 3. The molecule has 0 unspecified atom stereocenters. The lowest BCUT2D eigenvalue weighted by Gasteiger charge is -2.12. The first-order valence-electron chi connectivity index (χ1n) is 4.63. The summed E-state index contributed by atoms with van der Waals surface area (Å²) in [4.78, 5) is 0. The molecule has 82 valence electrons. The van der Waals surface area contributed by atoms with Gasteiger partial charge in [0.25, 0.3) is 0 Å². The van der Waals surface area contributed by atoms with Crippen LogP contribution in [-0.4, -0.2) is 22.9 Å². The molecule has 0 spiro atoms. The molecule has 0 aliphatic rings. The molecule has 4 heteroatoms. The van der Waals surface area contributed by atoms with E-state index >= 15 is 0 Å². The zero-order valence-corrected chi connectivity index (χ0v) is 8.50. The molecule has 1 rings (SSSR count). The smallest absolute Gasteiger partial charge is 0.111 e. The number of rotatable bonds is 4. The molecule has 0 saturated heterocycles. The van der Waals surface area contributed by atoms with E-state index in [1.165, 1.54) is 0 Å². The van der Waals surface area contributed by atoms with Crippen LogP contribution in [0.4, 0.5) is 0 Å². The number of aliphatic hydroxyl groups excluding tert-OH is 2. The second-order valence-corrected chi connectivity index (χ2v) is 3.21. The summed E-state index contributed by atoms with van der Waals surface area (Å²) in [6, 6.07) is 9.31. The van der Waals surface area contributed by atoms with Crippen LogP contribution in [0.15, 0.2) is 30.3 Å². The number of aliphatic hydroxyl groups is 2. The maximum atomic E-state index is 9.67. The van der Waals surface area contributed by atoms with Gasteiger partial charge in [-0.3, -0.25) is 0 Å². The fourth-order valence-corrected chi connectivity index (χ4v) is 1.20. The van der Waals surface area contributed by atoms with Gasteiger partial charge in [-0.05, 0) is 5.56 Å². The summed E-state index contributed by atoms with van der Waals surface area (Å²) in [5.74, 6) is 0. The highest BCUT2D eigenvalue weighted by atomic mass is 16.3. The van der Waals surface area contributed by atoms with E-state index in [2.05, 4.69) is 5.73 Å². The molecule has 4 nitrogen and oxygen atoms in total. The molecular formula is C11H16N2O2. The highest BCUT2D eigenvalue weighted by Gasteiger charge is 2.13. The van der Waals surface area contributed by atoms with E-state index in [0.29, 0.717) is 6.42 Å². The van der Waals surface area contributed by atoms with Crippen molar-refractivity contribution >= 4 is 0 Å². The topological polar surface area (TPSA) is 91.9 Å². The Morgan fingerprint density at radius 1 is 1.27 bits per heavy atom. The molecule has 0 radical (unpaired) electrons. The number of nitrogens with zero attached hydrogens (tertiary/aromatic N) is 1. The fraction of sp³-hybridized carbons (Fsp3) is 0.364. The van der Waals surface area contributed by atoms with Gasteiger partial charge in [0.1, 0.15) is 6.04 Å². The normalized spacial score (nSPS) is 13.4. The van der Waals surface area contributed by atoms with Gasteiger partial charge in [0.15, 0.2) is 0 Å². The SMILES string of the molecule is [C-]#N.[NH3+][C@H](CO)C[C@H](O)c1ccccc1. The lowest BCUT2D eigenvalue weighted by Crippen LogP contribution is -2.63. The lowest BCUT2D eigenvalue weighted by atomic mass is 10.0. The van der Waals surface area contributed by atoms with E-state index < -0.39 is 6.10 Å². The summed E-state index contributed by atoms with van der Waals surface area (Å²) in [7, 11) is 0. The van der Waals surface area contributed by atoms with Crippen LogP contribution < -0.4 is 5.73 Å². The molecular weight excluding hydrogens is 192 g/mol. The maximum Gasteiger partial charge on any atom is 0.111 e. The van der Waals surface area contributed by atoms with Gasteiger partial charge in [0.2, 0.25) is 0 Å². The maximum absolute atomic E-state index is 9.67. The standard InChI is InChI=1S/C10H15NO2.CN/c11-9(7-12)6-10(13)8-4-2-1-3-5-8;1-2/h1-5,9-10,12-13H,6-7,11H2;/q;-1/p+1/t9-,10-;/m0./s1. The first kappa shape index (κ1) is 13.6. The van der Waals surface area contributed by atoms with Crippen LogP contribution in [0, 0.1) is 11.8 Å². The van der Waals surface area contributed by atoms with Gasteiger partial charge in [-0.1, -0.05) is 30.3 Å². The number of benzene rings is 1. The zero-order valence-electron chi connectivity index (χ0n) is 8.50. The second kappa shape index (κ2) is 7.94. The van der Waals surface area contributed by atoms with Gasteiger partial charge >= 0.3 is 0 Å². The minimum Gasteiger partial charge on any atom is -0.512 e. The Hall–Kier alpha value is -1.41. The largest absolute Gasteiger partial charge is 0.512 e. The summed E-state index contributed by atoms with van der Waals surface area (Å²) < 4.78 is 0. The first-order chi connectivity index (χ1) is 7.24. The minimum absolute atomic E-state index is 0.0178. The molecule has 0 bridgehead atoms. The van der Waals surface area contributed by atoms with Crippen LogP contribution in [0.3, 0.4) is 0 Å². The van der Waals surface area contributed by atoms with Crippen molar-refractivity contribution in [3.8, 4) is 0 Å². The van der Waals surface area contributed by atoms with E-state index in [-0.39, 0.29) is 12.6 Å². The third kappa shape index (κ3) is 5.13.